The predicted molar refractivity (Wildman–Crippen MR) is 48.2 cm³/mol. The van der Waals surface area contributed by atoms with Crippen LogP contribution >= 0.6 is 0 Å². The second-order valence-corrected chi connectivity index (χ2v) is 2.93. The molecule has 0 spiro atoms. The first-order chi connectivity index (χ1) is 7.59. The van der Waals surface area contributed by atoms with Crippen molar-refractivity contribution in [1.82, 2.24) is 15.0 Å². The fourth-order valence-electron chi connectivity index (χ4n) is 1.21. The predicted octanol–water partition coefficient (Wildman–Crippen LogP) is 1.24. The first kappa shape index (κ1) is 10.2. The van der Waals surface area contributed by atoms with Gasteiger partial charge in [-0.3, -0.25) is 0 Å². The lowest BCUT2D eigenvalue weighted by molar-refractivity contribution is 0.0687. The summed E-state index contributed by atoms with van der Waals surface area (Å²) in [6.45, 7) is 0. The summed E-state index contributed by atoms with van der Waals surface area (Å²) >= 11 is 0. The Morgan fingerprint density at radius 1 is 1.38 bits per heavy atom. The van der Waals surface area contributed by atoms with Crippen LogP contribution in [0.2, 0.25) is 0 Å². The minimum absolute atomic E-state index is 0.296. The van der Waals surface area contributed by atoms with E-state index in [-0.39, 0.29) is 11.4 Å². The van der Waals surface area contributed by atoms with Crippen molar-refractivity contribution in [1.29, 1.82) is 0 Å². The van der Waals surface area contributed by atoms with Crippen molar-refractivity contribution in [3.05, 3.63) is 41.7 Å². The van der Waals surface area contributed by atoms with Crippen molar-refractivity contribution < 1.29 is 18.7 Å². The van der Waals surface area contributed by atoms with Crippen LogP contribution in [0.5, 0.6) is 0 Å². The molecule has 0 radical (unpaired) electrons. The fraction of sp³-hybridized carbons (Fsp3) is 0. The number of aromatic nitrogens is 3. The Labute approximate surface area is 87.9 Å². The van der Waals surface area contributed by atoms with Gasteiger partial charge in [-0.05, 0) is 12.1 Å². The molecule has 0 bridgehead atoms. The van der Waals surface area contributed by atoms with Gasteiger partial charge in [0, 0.05) is 6.07 Å². The number of aromatic carboxylic acids is 1. The normalized spacial score (nSPS) is 10.4. The molecule has 82 valence electrons. The third-order valence-electron chi connectivity index (χ3n) is 1.90. The first-order valence-electron chi connectivity index (χ1n) is 4.19. The minimum Gasteiger partial charge on any atom is -0.476 e. The van der Waals surface area contributed by atoms with Crippen LogP contribution in [0.1, 0.15) is 10.5 Å². The van der Waals surface area contributed by atoms with Crippen LogP contribution in [0.25, 0.3) is 5.69 Å². The topological polar surface area (TPSA) is 68.0 Å². The Morgan fingerprint density at radius 3 is 2.81 bits per heavy atom. The standard InChI is InChI=1S/C9H5F2N3O2/c10-5-1-2-6(11)7(3-5)14-8(9(15)16)4-12-13-14/h1-4H,(H,15,16). The summed E-state index contributed by atoms with van der Waals surface area (Å²) in [6.07, 6.45) is 0.951. The fourth-order valence-corrected chi connectivity index (χ4v) is 1.21. The molecular formula is C9H5F2N3O2. The lowest BCUT2D eigenvalue weighted by atomic mass is 10.3. The van der Waals surface area contributed by atoms with Crippen molar-refractivity contribution in [3.63, 3.8) is 0 Å². The van der Waals surface area contributed by atoms with Gasteiger partial charge < -0.3 is 5.11 Å². The molecule has 0 atom stereocenters. The molecule has 2 rings (SSSR count). The zero-order valence-electron chi connectivity index (χ0n) is 7.76. The second-order valence-electron chi connectivity index (χ2n) is 2.93. The van der Waals surface area contributed by atoms with E-state index in [9.17, 15) is 13.6 Å². The molecule has 1 heterocycles. The van der Waals surface area contributed by atoms with E-state index in [4.69, 9.17) is 5.11 Å². The number of nitrogens with zero attached hydrogens (tertiary/aromatic N) is 3. The second kappa shape index (κ2) is 3.69. The molecule has 2 aromatic rings. The highest BCUT2D eigenvalue weighted by Crippen LogP contribution is 2.15. The van der Waals surface area contributed by atoms with Gasteiger partial charge in [0.05, 0.1) is 6.20 Å². The Hall–Kier alpha value is -2.31. The Bertz CT molecular complexity index is 553. The molecule has 0 fully saturated rings. The Morgan fingerprint density at radius 2 is 2.12 bits per heavy atom. The Balaban J connectivity index is 2.62. The third kappa shape index (κ3) is 1.62. The van der Waals surface area contributed by atoms with E-state index in [1.165, 1.54) is 0 Å². The van der Waals surface area contributed by atoms with Crippen LogP contribution in [0.4, 0.5) is 8.78 Å². The summed E-state index contributed by atoms with van der Waals surface area (Å²) in [5, 5.41) is 15.5. The number of carboxylic acids is 1. The van der Waals surface area contributed by atoms with Crippen LogP contribution in [0, 0.1) is 11.6 Å². The van der Waals surface area contributed by atoms with E-state index in [0.29, 0.717) is 0 Å². The van der Waals surface area contributed by atoms with E-state index in [1.54, 1.807) is 0 Å². The van der Waals surface area contributed by atoms with Gasteiger partial charge in [-0.1, -0.05) is 5.21 Å². The summed E-state index contributed by atoms with van der Waals surface area (Å²) < 4.78 is 26.9. The monoisotopic (exact) mass is 225 g/mol. The van der Waals surface area contributed by atoms with Crippen molar-refractivity contribution in [2.24, 2.45) is 0 Å². The van der Waals surface area contributed by atoms with Gasteiger partial charge in [0.15, 0.2) is 5.69 Å². The lowest BCUT2D eigenvalue weighted by Crippen LogP contribution is -2.09. The average Bonchev–Trinajstić information content (AvgIpc) is 2.70. The molecule has 0 amide bonds. The van der Waals surface area contributed by atoms with Gasteiger partial charge in [-0.2, -0.15) is 0 Å². The number of carboxylic acid groups (broad SMARTS) is 1. The molecule has 0 unspecified atom stereocenters. The number of rotatable bonds is 2. The number of halogens is 2. The van der Waals surface area contributed by atoms with Crippen molar-refractivity contribution >= 4 is 5.97 Å². The highest BCUT2D eigenvalue weighted by atomic mass is 19.1. The zero-order valence-corrected chi connectivity index (χ0v) is 7.76. The lowest BCUT2D eigenvalue weighted by Gasteiger charge is -2.04. The molecule has 0 aliphatic heterocycles. The van der Waals surface area contributed by atoms with Gasteiger partial charge in [-0.15, -0.1) is 5.10 Å². The average molecular weight is 225 g/mol. The smallest absolute Gasteiger partial charge is 0.356 e. The molecule has 0 saturated carbocycles. The molecule has 0 aliphatic rings. The summed E-state index contributed by atoms with van der Waals surface area (Å²) in [5.74, 6) is -2.80. The van der Waals surface area contributed by atoms with Gasteiger partial charge in [0.1, 0.15) is 17.3 Å². The minimum atomic E-state index is -1.33. The van der Waals surface area contributed by atoms with Gasteiger partial charge in [-0.25, -0.2) is 18.3 Å². The van der Waals surface area contributed by atoms with Gasteiger partial charge in [0.2, 0.25) is 0 Å². The van der Waals surface area contributed by atoms with Crippen LogP contribution in [0.3, 0.4) is 0 Å². The maximum absolute atomic E-state index is 13.3. The van der Waals surface area contributed by atoms with E-state index >= 15 is 0 Å². The van der Waals surface area contributed by atoms with Crippen molar-refractivity contribution in [3.8, 4) is 5.69 Å². The number of carbonyl (C=O) groups is 1. The van der Waals surface area contributed by atoms with Crippen LogP contribution in [0.15, 0.2) is 24.4 Å². The van der Waals surface area contributed by atoms with Crippen LogP contribution in [-0.4, -0.2) is 26.1 Å². The summed E-state index contributed by atoms with van der Waals surface area (Å²) in [7, 11) is 0. The summed E-state index contributed by atoms with van der Waals surface area (Å²) in [4.78, 5) is 10.7. The SMILES string of the molecule is O=C(O)c1cnnn1-c1cc(F)ccc1F. The molecular weight excluding hydrogens is 220 g/mol. The Kier molecular flexibility index (Phi) is 2.35. The maximum Gasteiger partial charge on any atom is 0.356 e. The van der Waals surface area contributed by atoms with Crippen molar-refractivity contribution in [2.45, 2.75) is 0 Å². The van der Waals surface area contributed by atoms with E-state index in [2.05, 4.69) is 10.3 Å². The maximum atomic E-state index is 13.3. The highest BCUT2D eigenvalue weighted by Gasteiger charge is 2.16. The van der Waals surface area contributed by atoms with Crippen LogP contribution < -0.4 is 0 Å². The number of hydrogen-bond acceptors (Lipinski definition) is 3. The molecule has 0 saturated heterocycles. The quantitative estimate of drug-likeness (QED) is 0.834. The zero-order chi connectivity index (χ0) is 11.7. The molecule has 0 aliphatic carbocycles. The van der Waals surface area contributed by atoms with Gasteiger partial charge in [0.25, 0.3) is 0 Å². The molecule has 1 aromatic carbocycles. The van der Waals surface area contributed by atoms with E-state index < -0.39 is 17.6 Å². The molecule has 7 heteroatoms. The summed E-state index contributed by atoms with van der Waals surface area (Å²) in [5.41, 5.74) is -0.639. The van der Waals surface area contributed by atoms with Crippen LogP contribution in [-0.2, 0) is 0 Å². The van der Waals surface area contributed by atoms with Crippen molar-refractivity contribution in [2.75, 3.05) is 0 Å². The molecule has 16 heavy (non-hydrogen) atoms. The first-order valence-corrected chi connectivity index (χ1v) is 4.19. The third-order valence-corrected chi connectivity index (χ3v) is 1.90. The van der Waals surface area contributed by atoms with E-state index in [1.807, 2.05) is 0 Å². The van der Waals surface area contributed by atoms with Gasteiger partial charge >= 0.3 is 5.97 Å². The number of hydrogen-bond donors (Lipinski definition) is 1. The molecule has 5 nitrogen and oxygen atoms in total. The number of benzene rings is 1. The largest absolute Gasteiger partial charge is 0.476 e. The molecule has 1 N–H and O–H groups in total. The van der Waals surface area contributed by atoms with E-state index in [0.717, 1.165) is 29.1 Å². The summed E-state index contributed by atoms with van der Waals surface area (Å²) in [6, 6.07) is 2.66. The molecule has 1 aromatic heterocycles. The highest BCUT2D eigenvalue weighted by molar-refractivity contribution is 5.85.